The second-order valence-electron chi connectivity index (χ2n) is 7.40. The molecule has 0 fully saturated rings. The lowest BCUT2D eigenvalue weighted by Crippen LogP contribution is -2.15. The van der Waals surface area contributed by atoms with Crippen LogP contribution in [0.4, 0.5) is 4.39 Å². The maximum atomic E-state index is 13.0. The molecule has 0 aliphatic rings. The third kappa shape index (κ3) is 5.92. The van der Waals surface area contributed by atoms with Gasteiger partial charge in [0.25, 0.3) is 0 Å². The van der Waals surface area contributed by atoms with Gasteiger partial charge in [0.1, 0.15) is 17.3 Å². The van der Waals surface area contributed by atoms with E-state index in [1.54, 1.807) is 18.2 Å². The van der Waals surface area contributed by atoms with Gasteiger partial charge >= 0.3 is 0 Å². The Kier molecular flexibility index (Phi) is 6.65. The highest BCUT2D eigenvalue weighted by molar-refractivity contribution is 5.46. The number of ether oxygens (including phenoxy) is 2. The summed E-state index contributed by atoms with van der Waals surface area (Å²) in [4.78, 5) is 4.50. The zero-order valence-electron chi connectivity index (χ0n) is 17.1. The number of aromatic nitrogens is 1. The summed E-state index contributed by atoms with van der Waals surface area (Å²) in [5.41, 5.74) is 2.06. The van der Waals surface area contributed by atoms with Crippen molar-refractivity contribution < 1.29 is 13.9 Å². The third-order valence-corrected chi connectivity index (χ3v) is 4.64. The predicted octanol–water partition coefficient (Wildman–Crippen LogP) is 6.79. The quantitative estimate of drug-likeness (QED) is 0.423. The summed E-state index contributed by atoms with van der Waals surface area (Å²) in [6.07, 6.45) is 4.99. The minimum absolute atomic E-state index is 0.0104. The summed E-state index contributed by atoms with van der Waals surface area (Å²) in [6.45, 7) is 7.09. The van der Waals surface area contributed by atoms with Crippen LogP contribution < -0.4 is 9.47 Å². The van der Waals surface area contributed by atoms with E-state index in [2.05, 4.69) is 37.0 Å². The largest absolute Gasteiger partial charge is 0.494 e. The van der Waals surface area contributed by atoms with E-state index in [1.165, 1.54) is 17.7 Å². The van der Waals surface area contributed by atoms with Crippen LogP contribution in [-0.2, 0) is 5.41 Å². The fourth-order valence-electron chi connectivity index (χ4n) is 2.97. The number of benzene rings is 2. The molecule has 0 amide bonds. The van der Waals surface area contributed by atoms with Gasteiger partial charge in [-0.1, -0.05) is 38.1 Å². The molecule has 3 nitrogen and oxygen atoms in total. The van der Waals surface area contributed by atoms with Crippen molar-refractivity contribution in [1.82, 2.24) is 4.98 Å². The molecule has 0 saturated heterocycles. The highest BCUT2D eigenvalue weighted by Gasteiger charge is 2.18. The molecule has 0 atom stereocenters. The summed E-state index contributed by atoms with van der Waals surface area (Å²) < 4.78 is 24.2. The van der Waals surface area contributed by atoms with Gasteiger partial charge in [0.05, 0.1) is 12.3 Å². The van der Waals surface area contributed by atoms with Crippen LogP contribution in [0.2, 0.25) is 0 Å². The number of pyridine rings is 1. The molecule has 0 N–H and O–H groups in total. The molecule has 0 aliphatic carbocycles. The molecule has 3 aromatic rings. The summed E-state index contributed by atoms with van der Waals surface area (Å²) in [7, 11) is 0. The first-order chi connectivity index (χ1) is 14.0. The van der Waals surface area contributed by atoms with Crippen LogP contribution in [0, 0.1) is 5.82 Å². The van der Waals surface area contributed by atoms with Crippen LogP contribution in [0.25, 0.3) is 6.08 Å². The minimum Gasteiger partial charge on any atom is -0.494 e. The average Bonchev–Trinajstić information content (AvgIpc) is 2.71. The van der Waals surface area contributed by atoms with Crippen molar-refractivity contribution >= 4 is 6.08 Å². The van der Waals surface area contributed by atoms with Crippen LogP contribution in [0.3, 0.4) is 0 Å². The van der Waals surface area contributed by atoms with Gasteiger partial charge in [-0.25, -0.2) is 9.37 Å². The van der Waals surface area contributed by atoms with Crippen molar-refractivity contribution in [2.75, 3.05) is 6.61 Å². The van der Waals surface area contributed by atoms with Crippen LogP contribution in [0.5, 0.6) is 17.4 Å². The van der Waals surface area contributed by atoms with Gasteiger partial charge in [0.15, 0.2) is 0 Å². The molecule has 3 rings (SSSR count). The third-order valence-electron chi connectivity index (χ3n) is 4.64. The fraction of sp³-hybridized carbons (Fsp3) is 0.240. The molecule has 1 heterocycles. The minimum atomic E-state index is -0.294. The first-order valence-corrected chi connectivity index (χ1v) is 9.76. The van der Waals surface area contributed by atoms with Crippen molar-refractivity contribution in [3.05, 3.63) is 89.9 Å². The Morgan fingerprint density at radius 1 is 0.931 bits per heavy atom. The van der Waals surface area contributed by atoms with Gasteiger partial charge in [-0.2, -0.15) is 0 Å². The Morgan fingerprint density at radius 2 is 1.62 bits per heavy atom. The fourth-order valence-corrected chi connectivity index (χ4v) is 2.97. The van der Waals surface area contributed by atoms with Gasteiger partial charge < -0.3 is 9.47 Å². The smallest absolute Gasteiger partial charge is 0.219 e. The Bertz CT molecular complexity index is 947. The summed E-state index contributed by atoms with van der Waals surface area (Å²) in [5, 5.41) is 0. The van der Waals surface area contributed by atoms with Crippen molar-refractivity contribution in [2.45, 2.75) is 32.6 Å². The Balaban J connectivity index is 1.64. The number of rotatable bonds is 8. The highest BCUT2D eigenvalue weighted by Crippen LogP contribution is 2.29. The number of hydrogen-bond acceptors (Lipinski definition) is 3. The first kappa shape index (κ1) is 20.6. The number of halogens is 1. The lowest BCUT2D eigenvalue weighted by molar-refractivity contribution is 0.340. The van der Waals surface area contributed by atoms with Gasteiger partial charge in [0, 0.05) is 6.07 Å². The predicted molar refractivity (Wildman–Crippen MR) is 115 cm³/mol. The Hall–Kier alpha value is -3.14. The molecule has 2 aromatic carbocycles. The maximum Gasteiger partial charge on any atom is 0.219 e. The molecule has 150 valence electrons. The van der Waals surface area contributed by atoms with Crippen LogP contribution in [0.1, 0.15) is 38.4 Å². The molecule has 0 spiro atoms. The molecule has 0 bridgehead atoms. The van der Waals surface area contributed by atoms with Crippen LogP contribution in [0.15, 0.2) is 72.8 Å². The SMILES string of the molecule is CCOc1ccc(C(C)(C)CC=Cc2cccc(Oc3ccc(F)cc3)n2)cc1. The van der Waals surface area contributed by atoms with Crippen molar-refractivity contribution in [1.29, 1.82) is 0 Å². The van der Waals surface area contributed by atoms with Gasteiger partial charge in [-0.3, -0.25) is 0 Å². The average molecular weight is 391 g/mol. The zero-order valence-corrected chi connectivity index (χ0v) is 17.1. The van der Waals surface area contributed by atoms with Gasteiger partial charge in [-0.15, -0.1) is 0 Å². The van der Waals surface area contributed by atoms with Gasteiger partial charge in [-0.05, 0) is 72.9 Å². The van der Waals surface area contributed by atoms with E-state index in [-0.39, 0.29) is 11.2 Å². The Labute approximate surface area is 171 Å². The van der Waals surface area contributed by atoms with Crippen LogP contribution in [-0.4, -0.2) is 11.6 Å². The molecule has 0 saturated carbocycles. The normalized spacial score (nSPS) is 11.6. The van der Waals surface area contributed by atoms with E-state index in [9.17, 15) is 4.39 Å². The van der Waals surface area contributed by atoms with E-state index in [0.29, 0.717) is 18.2 Å². The highest BCUT2D eigenvalue weighted by atomic mass is 19.1. The molecular weight excluding hydrogens is 365 g/mol. The second kappa shape index (κ2) is 9.37. The van der Waals surface area contributed by atoms with E-state index < -0.39 is 0 Å². The molecule has 0 unspecified atom stereocenters. The van der Waals surface area contributed by atoms with Crippen LogP contribution >= 0.6 is 0 Å². The molecule has 0 aliphatic heterocycles. The standard InChI is InChI=1S/C25H26FNO2/c1-4-28-22-14-10-19(11-15-22)25(2,3)18-6-8-21-7-5-9-24(27-21)29-23-16-12-20(26)13-17-23/h5-17H,4,18H2,1-3H3. The van der Waals surface area contributed by atoms with E-state index in [0.717, 1.165) is 17.9 Å². The molecule has 0 radical (unpaired) electrons. The summed E-state index contributed by atoms with van der Waals surface area (Å²) in [6, 6.07) is 19.8. The second-order valence-corrected chi connectivity index (χ2v) is 7.40. The van der Waals surface area contributed by atoms with Crippen molar-refractivity contribution in [3.8, 4) is 17.4 Å². The van der Waals surface area contributed by atoms with E-state index in [1.807, 2.05) is 37.3 Å². The first-order valence-electron chi connectivity index (χ1n) is 9.76. The van der Waals surface area contributed by atoms with Crippen molar-refractivity contribution in [2.24, 2.45) is 0 Å². The van der Waals surface area contributed by atoms with Crippen molar-refractivity contribution in [3.63, 3.8) is 0 Å². The maximum absolute atomic E-state index is 13.0. The van der Waals surface area contributed by atoms with E-state index in [4.69, 9.17) is 9.47 Å². The molecule has 4 heteroatoms. The molecular formula is C25H26FNO2. The lowest BCUT2D eigenvalue weighted by Gasteiger charge is -2.24. The Morgan fingerprint density at radius 3 is 2.31 bits per heavy atom. The number of hydrogen-bond donors (Lipinski definition) is 0. The number of nitrogens with zero attached hydrogens (tertiary/aromatic N) is 1. The van der Waals surface area contributed by atoms with E-state index >= 15 is 0 Å². The zero-order chi connectivity index (χ0) is 20.7. The monoisotopic (exact) mass is 391 g/mol. The lowest BCUT2D eigenvalue weighted by atomic mass is 9.81. The topological polar surface area (TPSA) is 31.4 Å². The number of allylic oxidation sites excluding steroid dienone is 1. The summed E-state index contributed by atoms with van der Waals surface area (Å²) in [5.74, 6) is 1.63. The molecule has 1 aromatic heterocycles. The molecule has 29 heavy (non-hydrogen) atoms. The van der Waals surface area contributed by atoms with Gasteiger partial charge in [0.2, 0.25) is 5.88 Å². The summed E-state index contributed by atoms with van der Waals surface area (Å²) >= 11 is 0.